The zero-order chi connectivity index (χ0) is 24.6. The summed E-state index contributed by atoms with van der Waals surface area (Å²) in [6.07, 6.45) is 10.3. The highest BCUT2D eigenvalue weighted by atomic mass is 16.6. The third-order valence-corrected chi connectivity index (χ3v) is 5.50. The van der Waals surface area contributed by atoms with Crippen LogP contribution >= 0.6 is 0 Å². The Morgan fingerprint density at radius 2 is 1.66 bits per heavy atom. The molecule has 2 aliphatic rings. The minimum atomic E-state index is -0.948. The number of benzene rings is 1. The minimum absolute atomic E-state index is 0.168. The highest BCUT2D eigenvalue weighted by molar-refractivity contribution is 5.85. The number of methoxy groups -OCH3 is 2. The molecule has 0 radical (unpaired) electrons. The standard InChI is InChI=1S/C10H10O3.C10H18O2.C5H10.C2H6/c1-13-9-5-2-8(3-6-9)4-7-10(11)12;1-10(7-12-10)8-5-3-4-6-9(8)11-2;1-4-5(2)3;1-2/h2-7H,1H3,(H,11,12);8-9H,3-7H2,1-2H3;4H,1-3H3;1-2H3/b7-4+;;;/t;8?,9-,10-;;/m.1../s1. The molecule has 5 nitrogen and oxygen atoms in total. The Hall–Kier alpha value is -2.11. The summed E-state index contributed by atoms with van der Waals surface area (Å²) >= 11 is 0. The Balaban J connectivity index is 0.000000470. The first kappa shape index (κ1) is 29.9. The van der Waals surface area contributed by atoms with Crippen LogP contribution in [0.5, 0.6) is 5.75 Å². The van der Waals surface area contributed by atoms with Gasteiger partial charge in [0.05, 0.1) is 25.4 Å². The van der Waals surface area contributed by atoms with Crippen LogP contribution in [0.4, 0.5) is 0 Å². The number of carboxylic acids is 1. The van der Waals surface area contributed by atoms with Crippen molar-refractivity contribution >= 4 is 12.0 Å². The maximum absolute atomic E-state index is 10.2. The maximum Gasteiger partial charge on any atom is 0.328 e. The predicted molar refractivity (Wildman–Crippen MR) is 133 cm³/mol. The van der Waals surface area contributed by atoms with Crippen molar-refractivity contribution in [3.05, 3.63) is 47.6 Å². The fourth-order valence-electron chi connectivity index (χ4n) is 3.29. The Morgan fingerprint density at radius 1 is 1.12 bits per heavy atom. The van der Waals surface area contributed by atoms with Gasteiger partial charge in [0.25, 0.3) is 0 Å². The number of hydrogen-bond donors (Lipinski definition) is 1. The summed E-state index contributed by atoms with van der Waals surface area (Å²) in [5.74, 6) is 0.458. The molecule has 1 saturated heterocycles. The van der Waals surface area contributed by atoms with E-state index in [2.05, 4.69) is 26.8 Å². The van der Waals surface area contributed by atoms with Crippen molar-refractivity contribution in [2.75, 3.05) is 20.8 Å². The molecule has 1 unspecified atom stereocenters. The van der Waals surface area contributed by atoms with E-state index in [9.17, 15) is 4.79 Å². The third-order valence-electron chi connectivity index (χ3n) is 5.50. The van der Waals surface area contributed by atoms with Gasteiger partial charge >= 0.3 is 5.97 Å². The van der Waals surface area contributed by atoms with Crippen LogP contribution in [-0.2, 0) is 14.3 Å². The predicted octanol–water partition coefficient (Wildman–Crippen LogP) is 6.77. The van der Waals surface area contributed by atoms with E-state index in [0.29, 0.717) is 12.0 Å². The van der Waals surface area contributed by atoms with Crippen LogP contribution in [0.3, 0.4) is 0 Å². The van der Waals surface area contributed by atoms with Gasteiger partial charge in [0.1, 0.15) is 5.75 Å². The zero-order valence-corrected chi connectivity index (χ0v) is 21.3. The molecular weight excluding hydrogens is 404 g/mol. The highest BCUT2D eigenvalue weighted by Crippen LogP contribution is 2.43. The van der Waals surface area contributed by atoms with Crippen molar-refractivity contribution in [2.24, 2.45) is 5.92 Å². The Bertz CT molecular complexity index is 683. The molecule has 0 bridgehead atoms. The summed E-state index contributed by atoms with van der Waals surface area (Å²) in [4.78, 5) is 10.2. The zero-order valence-electron chi connectivity index (χ0n) is 21.3. The second kappa shape index (κ2) is 16.5. The van der Waals surface area contributed by atoms with E-state index in [1.54, 1.807) is 31.4 Å². The second-order valence-corrected chi connectivity index (χ2v) is 8.08. The molecule has 0 spiro atoms. The quantitative estimate of drug-likeness (QED) is 0.306. The molecule has 0 amide bonds. The first-order valence-corrected chi connectivity index (χ1v) is 11.6. The molecule has 1 saturated carbocycles. The monoisotopic (exact) mass is 448 g/mol. The average Bonchev–Trinajstić information content (AvgIpc) is 3.58. The van der Waals surface area contributed by atoms with Crippen LogP contribution in [0.2, 0.25) is 0 Å². The molecule has 1 aliphatic carbocycles. The fourth-order valence-corrected chi connectivity index (χ4v) is 3.29. The molecule has 1 N–H and O–H groups in total. The first-order valence-electron chi connectivity index (χ1n) is 11.6. The number of epoxide rings is 1. The van der Waals surface area contributed by atoms with Crippen LogP contribution < -0.4 is 4.74 Å². The molecule has 1 aliphatic heterocycles. The van der Waals surface area contributed by atoms with Crippen LogP contribution in [0, 0.1) is 5.92 Å². The summed E-state index contributed by atoms with van der Waals surface area (Å²) < 4.78 is 15.9. The SMILES string of the molecule is CC.CC=C(C)C.CO[C@@H]1CCCCC1[C@@]1(C)CO1.COc1ccc(/C=C/C(=O)O)cc1. The van der Waals surface area contributed by atoms with Gasteiger partial charge in [-0.3, -0.25) is 0 Å². The second-order valence-electron chi connectivity index (χ2n) is 8.08. The molecule has 2 fully saturated rings. The highest BCUT2D eigenvalue weighted by Gasteiger charge is 2.50. The average molecular weight is 449 g/mol. The molecule has 32 heavy (non-hydrogen) atoms. The van der Waals surface area contributed by atoms with Gasteiger partial charge in [-0.1, -0.05) is 50.5 Å². The third kappa shape index (κ3) is 12.1. The fraction of sp³-hybridized carbons (Fsp3) is 0.593. The summed E-state index contributed by atoms with van der Waals surface area (Å²) in [5.41, 5.74) is 2.38. The normalized spacial score (nSPS) is 23.2. The minimum Gasteiger partial charge on any atom is -0.497 e. The molecular formula is C27H44O5. The molecule has 1 aromatic carbocycles. The number of rotatable bonds is 5. The summed E-state index contributed by atoms with van der Waals surface area (Å²) in [6, 6.07) is 7.14. The Kier molecular flexibility index (Phi) is 15.4. The number of carboxylic acid groups (broad SMARTS) is 1. The van der Waals surface area contributed by atoms with E-state index >= 15 is 0 Å². The Labute approximate surface area is 195 Å². The molecule has 0 aromatic heterocycles. The number of ether oxygens (including phenoxy) is 3. The lowest BCUT2D eigenvalue weighted by Crippen LogP contribution is -2.36. The van der Waals surface area contributed by atoms with Crippen molar-refractivity contribution < 1.29 is 24.1 Å². The summed E-state index contributed by atoms with van der Waals surface area (Å²) in [5, 5.41) is 8.36. The van der Waals surface area contributed by atoms with Crippen molar-refractivity contribution in [1.82, 2.24) is 0 Å². The number of aliphatic carboxylic acids is 1. The van der Waals surface area contributed by atoms with E-state index < -0.39 is 5.97 Å². The van der Waals surface area contributed by atoms with Crippen molar-refractivity contribution in [3.63, 3.8) is 0 Å². The van der Waals surface area contributed by atoms with E-state index in [1.807, 2.05) is 27.9 Å². The van der Waals surface area contributed by atoms with Gasteiger partial charge in [0.2, 0.25) is 0 Å². The van der Waals surface area contributed by atoms with Gasteiger partial charge in [-0.2, -0.15) is 0 Å². The van der Waals surface area contributed by atoms with Gasteiger partial charge in [-0.15, -0.1) is 0 Å². The lowest BCUT2D eigenvalue weighted by Gasteiger charge is -2.33. The van der Waals surface area contributed by atoms with E-state index in [0.717, 1.165) is 24.0 Å². The van der Waals surface area contributed by atoms with Crippen molar-refractivity contribution in [2.45, 2.75) is 78.9 Å². The lowest BCUT2D eigenvalue weighted by atomic mass is 9.78. The molecule has 1 heterocycles. The molecule has 182 valence electrons. The van der Waals surface area contributed by atoms with Crippen LogP contribution in [-0.4, -0.2) is 43.6 Å². The van der Waals surface area contributed by atoms with Gasteiger partial charge in [-0.05, 0) is 64.3 Å². The lowest BCUT2D eigenvalue weighted by molar-refractivity contribution is -0.131. The largest absolute Gasteiger partial charge is 0.497 e. The van der Waals surface area contributed by atoms with Gasteiger partial charge in [-0.25, -0.2) is 4.79 Å². The van der Waals surface area contributed by atoms with Crippen molar-refractivity contribution in [1.29, 1.82) is 0 Å². The first-order chi connectivity index (χ1) is 15.3. The number of allylic oxidation sites excluding steroid dienone is 2. The van der Waals surface area contributed by atoms with Crippen LogP contribution in [0.1, 0.15) is 72.8 Å². The number of hydrogen-bond acceptors (Lipinski definition) is 4. The van der Waals surface area contributed by atoms with Crippen molar-refractivity contribution in [3.8, 4) is 5.75 Å². The topological polar surface area (TPSA) is 68.3 Å². The molecule has 5 heteroatoms. The maximum atomic E-state index is 10.2. The molecule has 1 aromatic rings. The van der Waals surface area contributed by atoms with Gasteiger partial charge in [0, 0.05) is 19.1 Å². The van der Waals surface area contributed by atoms with E-state index in [1.165, 1.54) is 37.3 Å². The van der Waals surface area contributed by atoms with Gasteiger partial charge < -0.3 is 19.3 Å². The summed E-state index contributed by atoms with van der Waals surface area (Å²) in [6.45, 7) is 13.4. The van der Waals surface area contributed by atoms with Crippen LogP contribution in [0.25, 0.3) is 6.08 Å². The smallest absolute Gasteiger partial charge is 0.328 e. The summed E-state index contributed by atoms with van der Waals surface area (Å²) in [7, 11) is 3.41. The number of carbonyl (C=O) groups is 1. The Morgan fingerprint density at radius 3 is 2.06 bits per heavy atom. The molecule has 3 atom stereocenters. The molecule has 3 rings (SSSR count). The van der Waals surface area contributed by atoms with E-state index in [-0.39, 0.29) is 5.60 Å². The van der Waals surface area contributed by atoms with Crippen LogP contribution in [0.15, 0.2) is 42.0 Å². The van der Waals surface area contributed by atoms with Gasteiger partial charge in [0.15, 0.2) is 0 Å². The van der Waals surface area contributed by atoms with E-state index in [4.69, 9.17) is 19.3 Å².